The number of unbranched alkanes of at least 4 members (excludes halogenated alkanes) is 11. The van der Waals surface area contributed by atoms with Crippen LogP contribution >= 0.6 is 11.3 Å². The van der Waals surface area contributed by atoms with Gasteiger partial charge in [0.1, 0.15) is 6.61 Å². The molecule has 2 nitrogen and oxygen atoms in total. The first kappa shape index (κ1) is 23.0. The minimum Gasteiger partial charge on any atom is -0.460 e. The van der Waals surface area contributed by atoms with Crippen molar-refractivity contribution in [2.45, 2.75) is 103 Å². The van der Waals surface area contributed by atoms with E-state index in [0.717, 1.165) is 17.7 Å². The molecule has 0 aromatic carbocycles. The number of carbonyl (C=O) groups is 1. The summed E-state index contributed by atoms with van der Waals surface area (Å²) in [7, 11) is 0. The Labute approximate surface area is 165 Å². The first-order chi connectivity index (χ1) is 12.8. The molecule has 0 spiro atoms. The van der Waals surface area contributed by atoms with Crippen LogP contribution in [0, 0.1) is 0 Å². The summed E-state index contributed by atoms with van der Waals surface area (Å²) in [6.45, 7) is 2.70. The molecule has 0 saturated carbocycles. The van der Waals surface area contributed by atoms with E-state index < -0.39 is 0 Å². The highest BCUT2D eigenvalue weighted by molar-refractivity contribution is 7.09. The summed E-state index contributed by atoms with van der Waals surface area (Å²) >= 11 is 1.63. The van der Waals surface area contributed by atoms with Crippen LogP contribution in [0.4, 0.5) is 0 Å². The summed E-state index contributed by atoms with van der Waals surface area (Å²) in [5, 5.41) is 2.01. The highest BCUT2D eigenvalue weighted by Gasteiger charge is 2.03. The highest BCUT2D eigenvalue weighted by atomic mass is 32.1. The molecule has 0 aliphatic rings. The fraction of sp³-hybridized carbons (Fsp3) is 0.696. The molecule has 26 heavy (non-hydrogen) atoms. The van der Waals surface area contributed by atoms with Crippen molar-refractivity contribution in [2.24, 2.45) is 0 Å². The number of esters is 1. The molecule has 0 amide bonds. The van der Waals surface area contributed by atoms with E-state index in [2.05, 4.69) is 19.1 Å². The van der Waals surface area contributed by atoms with Crippen LogP contribution in [0.2, 0.25) is 0 Å². The lowest BCUT2D eigenvalue weighted by atomic mass is 10.1. The van der Waals surface area contributed by atoms with Crippen molar-refractivity contribution in [3.8, 4) is 0 Å². The number of allylic oxidation sites excluding steroid dienone is 2. The summed E-state index contributed by atoms with van der Waals surface area (Å²) in [6.07, 6.45) is 21.9. The van der Waals surface area contributed by atoms with E-state index in [4.69, 9.17) is 4.74 Å². The molecule has 148 valence electrons. The van der Waals surface area contributed by atoms with Gasteiger partial charge >= 0.3 is 5.97 Å². The quantitative estimate of drug-likeness (QED) is 0.157. The first-order valence-corrected chi connectivity index (χ1v) is 11.5. The van der Waals surface area contributed by atoms with Gasteiger partial charge in [-0.2, -0.15) is 0 Å². The van der Waals surface area contributed by atoms with Crippen LogP contribution in [-0.2, 0) is 16.1 Å². The van der Waals surface area contributed by atoms with E-state index in [0.29, 0.717) is 13.0 Å². The summed E-state index contributed by atoms with van der Waals surface area (Å²) in [4.78, 5) is 12.8. The molecule has 0 aliphatic heterocycles. The highest BCUT2D eigenvalue weighted by Crippen LogP contribution is 2.12. The summed E-state index contributed by atoms with van der Waals surface area (Å²) in [5.74, 6) is -0.0592. The van der Waals surface area contributed by atoms with Gasteiger partial charge in [0.05, 0.1) is 0 Å². The molecular weight excluding hydrogens is 340 g/mol. The molecule has 0 N–H and O–H groups in total. The lowest BCUT2D eigenvalue weighted by Crippen LogP contribution is -2.03. The van der Waals surface area contributed by atoms with Crippen molar-refractivity contribution in [3.05, 3.63) is 34.5 Å². The van der Waals surface area contributed by atoms with Gasteiger partial charge in [-0.1, -0.05) is 76.5 Å². The van der Waals surface area contributed by atoms with Gasteiger partial charge in [0.25, 0.3) is 0 Å². The lowest BCUT2D eigenvalue weighted by Gasteiger charge is -2.03. The number of hydrogen-bond acceptors (Lipinski definition) is 3. The van der Waals surface area contributed by atoms with Crippen molar-refractivity contribution in [1.82, 2.24) is 0 Å². The second kappa shape index (κ2) is 17.3. The molecule has 0 aliphatic carbocycles. The number of rotatable bonds is 17. The van der Waals surface area contributed by atoms with E-state index in [1.165, 1.54) is 70.6 Å². The summed E-state index contributed by atoms with van der Waals surface area (Å²) in [6, 6.07) is 3.98. The van der Waals surface area contributed by atoms with Crippen LogP contribution in [0.25, 0.3) is 0 Å². The van der Waals surface area contributed by atoms with Gasteiger partial charge in [-0.25, -0.2) is 0 Å². The van der Waals surface area contributed by atoms with Gasteiger partial charge in [0.2, 0.25) is 0 Å². The van der Waals surface area contributed by atoms with Crippen molar-refractivity contribution in [3.63, 3.8) is 0 Å². The van der Waals surface area contributed by atoms with Crippen molar-refractivity contribution < 1.29 is 9.53 Å². The smallest absolute Gasteiger partial charge is 0.306 e. The Bertz CT molecular complexity index is 451. The summed E-state index contributed by atoms with van der Waals surface area (Å²) in [5.41, 5.74) is 0. The zero-order chi connectivity index (χ0) is 18.7. The summed E-state index contributed by atoms with van der Waals surface area (Å²) < 4.78 is 5.27. The third-order valence-electron chi connectivity index (χ3n) is 4.60. The first-order valence-electron chi connectivity index (χ1n) is 10.7. The van der Waals surface area contributed by atoms with Gasteiger partial charge in [0, 0.05) is 11.3 Å². The molecule has 3 heteroatoms. The van der Waals surface area contributed by atoms with E-state index >= 15 is 0 Å². The zero-order valence-corrected chi connectivity index (χ0v) is 17.5. The Kier molecular flexibility index (Phi) is 15.3. The number of thiophene rings is 1. The average Bonchev–Trinajstić information content (AvgIpc) is 3.17. The van der Waals surface area contributed by atoms with E-state index in [1.54, 1.807) is 11.3 Å². The monoisotopic (exact) mass is 378 g/mol. The van der Waals surface area contributed by atoms with E-state index in [9.17, 15) is 4.79 Å². The molecule has 0 saturated heterocycles. The Balaban J connectivity index is 1.78. The molecule has 1 rings (SSSR count). The Hall–Kier alpha value is -1.09. The maximum absolute atomic E-state index is 11.6. The lowest BCUT2D eigenvalue weighted by molar-refractivity contribution is -0.145. The van der Waals surface area contributed by atoms with Gasteiger partial charge in [-0.05, 0) is 43.6 Å². The maximum atomic E-state index is 11.6. The predicted molar refractivity (Wildman–Crippen MR) is 114 cm³/mol. The minimum absolute atomic E-state index is 0.0592. The third kappa shape index (κ3) is 14.1. The zero-order valence-electron chi connectivity index (χ0n) is 16.7. The van der Waals surface area contributed by atoms with Crippen LogP contribution in [0.3, 0.4) is 0 Å². The molecule has 0 unspecified atom stereocenters. The maximum Gasteiger partial charge on any atom is 0.306 e. The fourth-order valence-electron chi connectivity index (χ4n) is 2.96. The number of carbonyl (C=O) groups excluding carboxylic acids is 1. The van der Waals surface area contributed by atoms with Gasteiger partial charge in [-0.3, -0.25) is 4.79 Å². The van der Waals surface area contributed by atoms with Crippen molar-refractivity contribution in [2.75, 3.05) is 0 Å². The number of ether oxygens (including phenoxy) is 1. The number of hydrogen-bond donors (Lipinski definition) is 0. The molecule has 1 aromatic rings. The van der Waals surface area contributed by atoms with Crippen LogP contribution < -0.4 is 0 Å². The van der Waals surface area contributed by atoms with E-state index in [1.807, 2.05) is 17.5 Å². The minimum atomic E-state index is -0.0592. The van der Waals surface area contributed by atoms with Crippen LogP contribution in [0.5, 0.6) is 0 Å². The average molecular weight is 379 g/mol. The predicted octanol–water partition coefficient (Wildman–Crippen LogP) is 7.83. The van der Waals surface area contributed by atoms with E-state index in [-0.39, 0.29) is 5.97 Å². The van der Waals surface area contributed by atoms with Gasteiger partial charge in [-0.15, -0.1) is 11.3 Å². The molecule has 0 fully saturated rings. The molecule has 1 aromatic heterocycles. The molecular formula is C23H38O2S. The largest absolute Gasteiger partial charge is 0.460 e. The Morgan fingerprint density at radius 3 is 2.15 bits per heavy atom. The van der Waals surface area contributed by atoms with Gasteiger partial charge < -0.3 is 4.74 Å². The van der Waals surface area contributed by atoms with Crippen LogP contribution in [-0.4, -0.2) is 5.97 Å². The fourth-order valence-corrected chi connectivity index (χ4v) is 3.57. The Morgan fingerprint density at radius 2 is 1.54 bits per heavy atom. The molecule has 0 bridgehead atoms. The standard InChI is InChI=1S/C23H38O2S/c1-2-3-4-5-6-7-8-9-10-11-12-13-14-15-16-19-23(24)25-21-22-18-17-20-26-22/h9-10,17-18,20H,2-8,11-16,19,21H2,1H3. The third-order valence-corrected chi connectivity index (χ3v) is 5.45. The SMILES string of the molecule is CCCCCCCCC=CCCCCCCCC(=O)OCc1cccs1. The van der Waals surface area contributed by atoms with Crippen molar-refractivity contribution >= 4 is 17.3 Å². The topological polar surface area (TPSA) is 26.3 Å². The van der Waals surface area contributed by atoms with Gasteiger partial charge in [0.15, 0.2) is 0 Å². The second-order valence-corrected chi connectivity index (χ2v) is 8.11. The van der Waals surface area contributed by atoms with Crippen LogP contribution in [0.15, 0.2) is 29.7 Å². The second-order valence-electron chi connectivity index (χ2n) is 7.07. The Morgan fingerprint density at radius 1 is 0.923 bits per heavy atom. The van der Waals surface area contributed by atoms with Crippen LogP contribution in [0.1, 0.15) is 102 Å². The molecule has 1 heterocycles. The normalized spacial score (nSPS) is 11.3. The molecule has 0 atom stereocenters. The van der Waals surface area contributed by atoms with Crippen molar-refractivity contribution in [1.29, 1.82) is 0 Å². The molecule has 0 radical (unpaired) electrons.